The van der Waals surface area contributed by atoms with E-state index in [0.717, 1.165) is 17.3 Å². The van der Waals surface area contributed by atoms with E-state index in [0.29, 0.717) is 23.6 Å². The van der Waals surface area contributed by atoms with Crippen molar-refractivity contribution in [3.63, 3.8) is 0 Å². The second kappa shape index (κ2) is 5.62. The Balaban J connectivity index is 2.09. The molecule has 0 spiro atoms. The molecule has 1 aromatic carbocycles. The fourth-order valence-corrected chi connectivity index (χ4v) is 3.37. The van der Waals surface area contributed by atoms with Crippen molar-refractivity contribution in [3.05, 3.63) is 35.0 Å². The third-order valence-electron chi connectivity index (χ3n) is 4.16. The number of fused-ring (bicyclic) bond motifs is 1. The highest BCUT2D eigenvalue weighted by molar-refractivity contribution is 6.31. The van der Waals surface area contributed by atoms with Crippen LogP contribution in [0.2, 0.25) is 5.02 Å². The van der Waals surface area contributed by atoms with Gasteiger partial charge in [0.2, 0.25) is 5.91 Å². The molecule has 1 aliphatic rings. The Kier molecular flexibility index (Phi) is 3.80. The number of primary amides is 1. The average Bonchev–Trinajstić information content (AvgIpc) is 3.07. The van der Waals surface area contributed by atoms with E-state index in [9.17, 15) is 14.7 Å². The van der Waals surface area contributed by atoms with Crippen molar-refractivity contribution in [1.82, 2.24) is 9.88 Å². The van der Waals surface area contributed by atoms with Crippen molar-refractivity contribution in [2.45, 2.75) is 24.9 Å². The standard InChI is InChI=1S/C15H16ClN3O3/c16-8-3-4-11-9(6-8)10(7-18-11)13(15(21)22)19-5-1-2-12(19)14(17)20/h3-4,6-7,12-13,18H,1-2,5H2,(H2,17,20)(H,21,22)/t12-,13-/m0/s1. The first-order valence-electron chi connectivity index (χ1n) is 7.03. The number of carboxylic acids is 1. The number of likely N-dealkylation sites (tertiary alicyclic amines) is 1. The summed E-state index contributed by atoms with van der Waals surface area (Å²) in [5.74, 6) is -1.49. The molecule has 1 aliphatic heterocycles. The first-order chi connectivity index (χ1) is 10.5. The number of carbonyl (C=O) groups excluding carboxylic acids is 1. The van der Waals surface area contributed by atoms with Gasteiger partial charge in [-0.05, 0) is 31.0 Å². The van der Waals surface area contributed by atoms with E-state index in [1.807, 2.05) is 0 Å². The van der Waals surface area contributed by atoms with Gasteiger partial charge in [-0.1, -0.05) is 11.6 Å². The van der Waals surface area contributed by atoms with Crippen LogP contribution in [0, 0.1) is 0 Å². The molecule has 1 amide bonds. The molecule has 3 rings (SSSR count). The zero-order valence-corrected chi connectivity index (χ0v) is 12.5. The number of rotatable bonds is 4. The van der Waals surface area contributed by atoms with E-state index in [-0.39, 0.29) is 0 Å². The van der Waals surface area contributed by atoms with Gasteiger partial charge in [-0.15, -0.1) is 0 Å². The minimum atomic E-state index is -1.01. The van der Waals surface area contributed by atoms with Crippen LogP contribution in [0.4, 0.5) is 0 Å². The van der Waals surface area contributed by atoms with Gasteiger partial charge in [-0.25, -0.2) is 0 Å². The van der Waals surface area contributed by atoms with Crippen molar-refractivity contribution in [1.29, 1.82) is 0 Å². The van der Waals surface area contributed by atoms with Gasteiger partial charge in [0, 0.05) is 34.2 Å². The van der Waals surface area contributed by atoms with Gasteiger partial charge in [0.15, 0.2) is 0 Å². The highest BCUT2D eigenvalue weighted by atomic mass is 35.5. The molecule has 6 nitrogen and oxygen atoms in total. The molecule has 2 atom stereocenters. The van der Waals surface area contributed by atoms with Crippen LogP contribution in [0.1, 0.15) is 24.4 Å². The maximum absolute atomic E-state index is 11.8. The number of hydrogen-bond donors (Lipinski definition) is 3. The van der Waals surface area contributed by atoms with Crippen molar-refractivity contribution in [2.75, 3.05) is 6.54 Å². The van der Waals surface area contributed by atoms with Crippen molar-refractivity contribution in [2.24, 2.45) is 5.73 Å². The largest absolute Gasteiger partial charge is 0.480 e. The lowest BCUT2D eigenvalue weighted by atomic mass is 10.0. The number of H-pyrrole nitrogens is 1. The van der Waals surface area contributed by atoms with Crippen LogP contribution in [0.25, 0.3) is 10.9 Å². The van der Waals surface area contributed by atoms with Crippen LogP contribution < -0.4 is 5.73 Å². The molecular weight excluding hydrogens is 306 g/mol. The minimum absolute atomic E-state index is 0.485. The Morgan fingerprint density at radius 2 is 2.23 bits per heavy atom. The lowest BCUT2D eigenvalue weighted by Gasteiger charge is -2.28. The SMILES string of the molecule is NC(=O)[C@@H]1CCCN1[C@H](C(=O)O)c1c[nH]c2ccc(Cl)cc12. The van der Waals surface area contributed by atoms with Gasteiger partial charge in [0.25, 0.3) is 0 Å². The first-order valence-corrected chi connectivity index (χ1v) is 7.41. The first kappa shape index (κ1) is 14.9. The predicted octanol–water partition coefficient (Wildman–Crippen LogP) is 1.90. The Morgan fingerprint density at radius 3 is 2.91 bits per heavy atom. The number of carbonyl (C=O) groups is 2. The van der Waals surface area contributed by atoms with E-state index in [2.05, 4.69) is 4.98 Å². The average molecular weight is 322 g/mol. The number of hydrogen-bond acceptors (Lipinski definition) is 3. The number of carboxylic acid groups (broad SMARTS) is 1. The number of nitrogens with zero attached hydrogens (tertiary/aromatic N) is 1. The summed E-state index contributed by atoms with van der Waals surface area (Å²) in [7, 11) is 0. The molecule has 0 saturated carbocycles. The lowest BCUT2D eigenvalue weighted by molar-refractivity contribution is -0.144. The van der Waals surface area contributed by atoms with Gasteiger partial charge in [0.1, 0.15) is 6.04 Å². The molecule has 2 aromatic rings. The number of nitrogens with one attached hydrogen (secondary N) is 1. The summed E-state index contributed by atoms with van der Waals surface area (Å²) in [5.41, 5.74) is 6.82. The predicted molar refractivity (Wildman–Crippen MR) is 82.6 cm³/mol. The van der Waals surface area contributed by atoms with Crippen molar-refractivity contribution < 1.29 is 14.7 Å². The monoisotopic (exact) mass is 321 g/mol. The zero-order chi connectivity index (χ0) is 15.9. The summed E-state index contributed by atoms with van der Waals surface area (Å²) < 4.78 is 0. The topological polar surface area (TPSA) is 99.4 Å². The molecule has 2 heterocycles. The Labute approximate surface area is 131 Å². The minimum Gasteiger partial charge on any atom is -0.480 e. The van der Waals surface area contributed by atoms with Crippen LogP contribution in [0.15, 0.2) is 24.4 Å². The van der Waals surface area contributed by atoms with Gasteiger partial charge in [0.05, 0.1) is 6.04 Å². The van der Waals surface area contributed by atoms with E-state index < -0.39 is 24.0 Å². The molecule has 0 bridgehead atoms. The van der Waals surface area contributed by atoms with Crippen LogP contribution in [-0.4, -0.2) is 39.5 Å². The molecule has 1 aromatic heterocycles. The van der Waals surface area contributed by atoms with E-state index in [1.54, 1.807) is 29.3 Å². The van der Waals surface area contributed by atoms with Gasteiger partial charge >= 0.3 is 5.97 Å². The highest BCUT2D eigenvalue weighted by Crippen LogP contribution is 2.34. The van der Waals surface area contributed by atoms with Crippen LogP contribution in [-0.2, 0) is 9.59 Å². The Bertz CT molecular complexity index is 743. The fraction of sp³-hybridized carbons (Fsp3) is 0.333. The van der Waals surface area contributed by atoms with Crippen LogP contribution in [0.3, 0.4) is 0 Å². The summed E-state index contributed by atoms with van der Waals surface area (Å²) in [6.07, 6.45) is 3.00. The molecule has 0 unspecified atom stereocenters. The molecule has 22 heavy (non-hydrogen) atoms. The van der Waals surface area contributed by atoms with Gasteiger partial charge in [-0.2, -0.15) is 0 Å². The van der Waals surface area contributed by atoms with E-state index in [1.165, 1.54) is 0 Å². The highest BCUT2D eigenvalue weighted by Gasteiger charge is 2.39. The normalized spacial score (nSPS) is 20.3. The summed E-state index contributed by atoms with van der Waals surface area (Å²) in [6, 6.07) is 3.79. The molecule has 1 fully saturated rings. The van der Waals surface area contributed by atoms with Crippen molar-refractivity contribution >= 4 is 34.4 Å². The molecule has 7 heteroatoms. The number of halogens is 1. The number of amides is 1. The summed E-state index contributed by atoms with van der Waals surface area (Å²) in [6.45, 7) is 0.526. The molecule has 116 valence electrons. The maximum atomic E-state index is 11.8. The van der Waals surface area contributed by atoms with Gasteiger partial charge < -0.3 is 15.8 Å². The second-order valence-electron chi connectivity index (χ2n) is 5.47. The van der Waals surface area contributed by atoms with Crippen LogP contribution >= 0.6 is 11.6 Å². The fourth-order valence-electron chi connectivity index (χ4n) is 3.20. The molecule has 4 N–H and O–H groups in total. The Hall–Kier alpha value is -2.05. The smallest absolute Gasteiger partial charge is 0.325 e. The molecular formula is C15H16ClN3O3. The summed E-state index contributed by atoms with van der Waals surface area (Å²) in [5, 5.41) is 11.0. The zero-order valence-electron chi connectivity index (χ0n) is 11.8. The molecule has 1 saturated heterocycles. The number of aromatic amines is 1. The summed E-state index contributed by atoms with van der Waals surface area (Å²) in [4.78, 5) is 28.1. The number of benzene rings is 1. The van der Waals surface area contributed by atoms with Crippen molar-refractivity contribution in [3.8, 4) is 0 Å². The Morgan fingerprint density at radius 1 is 1.45 bits per heavy atom. The summed E-state index contributed by atoms with van der Waals surface area (Å²) >= 11 is 6.02. The third-order valence-corrected chi connectivity index (χ3v) is 4.39. The van der Waals surface area contributed by atoms with Gasteiger partial charge in [-0.3, -0.25) is 14.5 Å². The number of aromatic nitrogens is 1. The molecule has 0 radical (unpaired) electrons. The number of nitrogens with two attached hydrogens (primary N) is 1. The second-order valence-corrected chi connectivity index (χ2v) is 5.91. The van der Waals surface area contributed by atoms with Crippen LogP contribution in [0.5, 0.6) is 0 Å². The van der Waals surface area contributed by atoms with E-state index in [4.69, 9.17) is 17.3 Å². The number of aliphatic carboxylic acids is 1. The van der Waals surface area contributed by atoms with E-state index >= 15 is 0 Å². The maximum Gasteiger partial charge on any atom is 0.325 e. The lowest BCUT2D eigenvalue weighted by Crippen LogP contribution is -2.44. The third kappa shape index (κ3) is 2.44. The molecule has 0 aliphatic carbocycles. The quantitative estimate of drug-likeness (QED) is 0.800.